The van der Waals surface area contributed by atoms with E-state index >= 15 is 0 Å². The van der Waals surface area contributed by atoms with Crippen LogP contribution in [0.1, 0.15) is 85.0 Å². The predicted molar refractivity (Wildman–Crippen MR) is 122 cm³/mol. The van der Waals surface area contributed by atoms with Crippen LogP contribution in [0, 0.1) is 46.3 Å². The molecule has 4 aliphatic carbocycles. The molecular weight excluding hydrogens is 388 g/mol. The van der Waals surface area contributed by atoms with Crippen molar-refractivity contribution in [3.8, 4) is 0 Å². The van der Waals surface area contributed by atoms with Crippen molar-refractivity contribution in [2.45, 2.75) is 97.2 Å². The van der Waals surface area contributed by atoms with Crippen LogP contribution in [0.4, 0.5) is 0 Å². The lowest BCUT2D eigenvalue weighted by Gasteiger charge is -2.62. The molecule has 2 N–H and O–H groups in total. The molecule has 0 amide bonds. The first kappa shape index (κ1) is 23.3. The summed E-state index contributed by atoms with van der Waals surface area (Å²) in [6.45, 7) is 11.0. The number of rotatable bonds is 6. The minimum absolute atomic E-state index is 0.0387. The van der Waals surface area contributed by atoms with E-state index < -0.39 is 0 Å². The molecule has 0 bridgehead atoms. The van der Waals surface area contributed by atoms with E-state index in [1.165, 1.54) is 25.7 Å². The van der Waals surface area contributed by atoms with Crippen molar-refractivity contribution in [1.82, 2.24) is 0 Å². The van der Waals surface area contributed by atoms with Gasteiger partial charge in [-0.1, -0.05) is 33.4 Å². The number of carbonyl (C=O) groups is 1. The topological polar surface area (TPSA) is 66.8 Å². The van der Waals surface area contributed by atoms with E-state index in [9.17, 15) is 15.0 Å². The lowest BCUT2D eigenvalue weighted by atomic mass is 9.43. The molecule has 0 saturated heterocycles. The monoisotopic (exact) mass is 432 g/mol. The molecule has 10 atom stereocenters. The van der Waals surface area contributed by atoms with Crippen LogP contribution in [-0.2, 0) is 9.53 Å². The molecule has 4 fully saturated rings. The summed E-state index contributed by atoms with van der Waals surface area (Å²) in [4.78, 5) is 12.0. The number of aliphatic hydroxyl groups excluding tert-OH is 2. The van der Waals surface area contributed by atoms with Gasteiger partial charge in [0.05, 0.1) is 12.2 Å². The highest BCUT2D eigenvalue weighted by Gasteiger charge is 2.63. The maximum Gasteiger partial charge on any atom is 0.306 e. The second kappa shape index (κ2) is 8.82. The summed E-state index contributed by atoms with van der Waals surface area (Å²) in [5.74, 6) is 3.25. The second-order valence-electron chi connectivity index (χ2n) is 11.9. The molecule has 0 aromatic carbocycles. The molecule has 0 heterocycles. The zero-order valence-electron chi connectivity index (χ0n) is 19.9. The summed E-state index contributed by atoms with van der Waals surface area (Å²) in [6.07, 6.45) is 11.3. The Labute approximate surface area is 188 Å². The standard InChI is InChI=1S/C27H44O4/c1-5-14-31-25(30)11-6-17(2)21-9-10-22-20-8-7-18-15-19(28)12-13-26(18,3)23(20)16-24(29)27(21,22)4/h5,17-24,28-29H,1,6-16H2,2-4H3/t17-,18-,19-,20+,21?,22+,23+,24+,26+,27-/m1/s1. The Morgan fingerprint density at radius 3 is 2.65 bits per heavy atom. The molecule has 0 aromatic heterocycles. The van der Waals surface area contributed by atoms with E-state index in [-0.39, 0.29) is 35.6 Å². The summed E-state index contributed by atoms with van der Waals surface area (Å²) >= 11 is 0. The van der Waals surface area contributed by atoms with Crippen molar-refractivity contribution in [2.24, 2.45) is 46.3 Å². The van der Waals surface area contributed by atoms with Gasteiger partial charge in [-0.25, -0.2) is 0 Å². The lowest BCUT2D eigenvalue weighted by molar-refractivity contribution is -0.175. The average Bonchev–Trinajstić information content (AvgIpc) is 3.10. The number of carbonyl (C=O) groups excluding carboxylic acids is 1. The van der Waals surface area contributed by atoms with Crippen LogP contribution in [0.5, 0.6) is 0 Å². The summed E-state index contributed by atoms with van der Waals surface area (Å²) in [5, 5.41) is 21.8. The van der Waals surface area contributed by atoms with E-state index in [2.05, 4.69) is 27.4 Å². The molecule has 4 nitrogen and oxygen atoms in total. The first-order valence-electron chi connectivity index (χ1n) is 12.8. The average molecular weight is 433 g/mol. The van der Waals surface area contributed by atoms with Crippen molar-refractivity contribution in [2.75, 3.05) is 6.61 Å². The zero-order valence-corrected chi connectivity index (χ0v) is 19.9. The van der Waals surface area contributed by atoms with Gasteiger partial charge in [-0.3, -0.25) is 4.79 Å². The Morgan fingerprint density at radius 2 is 1.90 bits per heavy atom. The van der Waals surface area contributed by atoms with Crippen molar-refractivity contribution < 1.29 is 19.7 Å². The fraction of sp³-hybridized carbons (Fsp3) is 0.889. The number of ether oxygens (including phenoxy) is 1. The Kier molecular flexibility index (Phi) is 6.63. The van der Waals surface area contributed by atoms with E-state index in [4.69, 9.17) is 4.74 Å². The molecular formula is C27H44O4. The number of aliphatic hydroxyl groups is 2. The Balaban J connectivity index is 1.47. The second-order valence-corrected chi connectivity index (χ2v) is 11.9. The van der Waals surface area contributed by atoms with Gasteiger partial charge in [0.1, 0.15) is 6.61 Å². The molecule has 0 aromatic rings. The molecule has 1 unspecified atom stereocenters. The first-order valence-corrected chi connectivity index (χ1v) is 12.8. The molecule has 4 saturated carbocycles. The van der Waals surface area contributed by atoms with Crippen LogP contribution in [0.2, 0.25) is 0 Å². The fourth-order valence-electron chi connectivity index (χ4n) is 8.93. The largest absolute Gasteiger partial charge is 0.461 e. The van der Waals surface area contributed by atoms with Crippen LogP contribution < -0.4 is 0 Å². The maximum atomic E-state index is 12.0. The summed E-state index contributed by atoms with van der Waals surface area (Å²) in [5.41, 5.74) is 0.242. The quantitative estimate of drug-likeness (QED) is 0.451. The number of hydrogen-bond donors (Lipinski definition) is 2. The highest BCUT2D eigenvalue weighted by molar-refractivity contribution is 5.69. The fourth-order valence-corrected chi connectivity index (χ4v) is 8.93. The van der Waals surface area contributed by atoms with Gasteiger partial charge in [0.15, 0.2) is 0 Å². The van der Waals surface area contributed by atoms with Crippen LogP contribution in [0.25, 0.3) is 0 Å². The summed E-state index contributed by atoms with van der Waals surface area (Å²) < 4.78 is 5.17. The van der Waals surface area contributed by atoms with Crippen LogP contribution in [0.3, 0.4) is 0 Å². The van der Waals surface area contributed by atoms with Crippen molar-refractivity contribution in [3.63, 3.8) is 0 Å². The van der Waals surface area contributed by atoms with Crippen LogP contribution in [-0.4, -0.2) is 35.0 Å². The smallest absolute Gasteiger partial charge is 0.306 e. The molecule has 0 aliphatic heterocycles. The Bertz CT molecular complexity index is 676. The van der Waals surface area contributed by atoms with Gasteiger partial charge in [-0.15, -0.1) is 0 Å². The number of fused-ring (bicyclic) bond motifs is 5. The van der Waals surface area contributed by atoms with Crippen LogP contribution in [0.15, 0.2) is 12.7 Å². The van der Waals surface area contributed by atoms with Gasteiger partial charge >= 0.3 is 5.97 Å². The number of esters is 1. The van der Waals surface area contributed by atoms with Gasteiger partial charge in [0.25, 0.3) is 0 Å². The molecule has 4 heteroatoms. The van der Waals surface area contributed by atoms with Gasteiger partial charge in [-0.05, 0) is 104 Å². The summed E-state index contributed by atoms with van der Waals surface area (Å²) in [6, 6.07) is 0. The van der Waals surface area contributed by atoms with Gasteiger partial charge in [0.2, 0.25) is 0 Å². The summed E-state index contributed by atoms with van der Waals surface area (Å²) in [7, 11) is 0. The van der Waals surface area contributed by atoms with Gasteiger partial charge < -0.3 is 14.9 Å². The SMILES string of the molecule is C=CCOC(=O)CC[C@@H](C)C1CC[C@H]2[C@@H]3CC[C@@H]4C[C@H](O)CC[C@]4(C)[C@H]3C[C@H](O)[C@]12C. The minimum atomic E-state index is -0.260. The normalized spacial score (nSPS) is 47.6. The van der Waals surface area contributed by atoms with Gasteiger partial charge in [-0.2, -0.15) is 0 Å². The minimum Gasteiger partial charge on any atom is -0.461 e. The van der Waals surface area contributed by atoms with Crippen molar-refractivity contribution in [1.29, 1.82) is 0 Å². The highest BCUT2D eigenvalue weighted by Crippen LogP contribution is 2.68. The third kappa shape index (κ3) is 3.90. The van der Waals surface area contributed by atoms with Crippen molar-refractivity contribution in [3.05, 3.63) is 12.7 Å². The molecule has 176 valence electrons. The Hall–Kier alpha value is -0.870. The zero-order chi connectivity index (χ0) is 22.4. The van der Waals surface area contributed by atoms with E-state index in [1.54, 1.807) is 6.08 Å². The predicted octanol–water partition coefficient (Wildman–Crippen LogP) is 5.12. The third-order valence-corrected chi connectivity index (χ3v) is 10.7. The first-order chi connectivity index (χ1) is 14.7. The molecule has 0 radical (unpaired) electrons. The highest BCUT2D eigenvalue weighted by atomic mass is 16.5. The van der Waals surface area contributed by atoms with Gasteiger partial charge in [0, 0.05) is 6.42 Å². The van der Waals surface area contributed by atoms with E-state index in [1.807, 2.05) is 0 Å². The molecule has 31 heavy (non-hydrogen) atoms. The number of hydrogen-bond acceptors (Lipinski definition) is 4. The molecule has 0 spiro atoms. The van der Waals surface area contributed by atoms with E-state index in [0.717, 1.165) is 32.1 Å². The third-order valence-electron chi connectivity index (χ3n) is 10.7. The maximum absolute atomic E-state index is 12.0. The molecule has 4 rings (SSSR count). The lowest BCUT2D eigenvalue weighted by Crippen LogP contribution is -2.58. The van der Waals surface area contributed by atoms with Crippen molar-refractivity contribution >= 4 is 5.97 Å². The van der Waals surface area contributed by atoms with Crippen LogP contribution >= 0.6 is 0 Å². The molecule has 4 aliphatic rings. The van der Waals surface area contributed by atoms with E-state index in [0.29, 0.717) is 41.9 Å². The Morgan fingerprint density at radius 1 is 1.13 bits per heavy atom.